The number of ether oxygens (including phenoxy) is 2. The summed E-state index contributed by atoms with van der Waals surface area (Å²) in [5.41, 5.74) is 0. The Morgan fingerprint density at radius 1 is 1.44 bits per heavy atom. The Morgan fingerprint density at radius 3 is 2.33 bits per heavy atom. The van der Waals surface area contributed by atoms with Crippen LogP contribution < -0.4 is 0 Å². The fraction of sp³-hybridized carbons (Fsp3) is 1.00. The van der Waals surface area contributed by atoms with Crippen molar-refractivity contribution in [2.24, 2.45) is 5.92 Å². The molecule has 0 rings (SSSR count). The second kappa shape index (κ2) is 4.73. The summed E-state index contributed by atoms with van der Waals surface area (Å²) in [6.07, 6.45) is -0.704. The SMILES string of the molecule is COCOC(O)C(C)C. The lowest BCUT2D eigenvalue weighted by Gasteiger charge is -2.13. The Bertz CT molecular complexity index is 63.3. The van der Waals surface area contributed by atoms with Crippen molar-refractivity contribution >= 4 is 0 Å². The number of methoxy groups -OCH3 is 1. The molecule has 0 amide bonds. The highest BCUT2D eigenvalue weighted by atomic mass is 16.7. The Kier molecular flexibility index (Phi) is 4.67. The third-order valence-electron chi connectivity index (χ3n) is 0.927. The van der Waals surface area contributed by atoms with Gasteiger partial charge in [0, 0.05) is 13.0 Å². The zero-order chi connectivity index (χ0) is 7.28. The number of rotatable bonds is 4. The highest BCUT2D eigenvalue weighted by molar-refractivity contribution is 4.44. The summed E-state index contributed by atoms with van der Waals surface area (Å²) in [5.74, 6) is 0.125. The van der Waals surface area contributed by atoms with Crippen LogP contribution in [0.25, 0.3) is 0 Å². The van der Waals surface area contributed by atoms with Gasteiger partial charge in [0.05, 0.1) is 0 Å². The molecule has 3 nitrogen and oxygen atoms in total. The van der Waals surface area contributed by atoms with Crippen molar-refractivity contribution in [3.05, 3.63) is 0 Å². The summed E-state index contributed by atoms with van der Waals surface area (Å²) in [6.45, 7) is 3.90. The lowest BCUT2D eigenvalue weighted by Crippen LogP contribution is -2.19. The Labute approximate surface area is 55.6 Å². The van der Waals surface area contributed by atoms with E-state index in [2.05, 4.69) is 4.74 Å². The van der Waals surface area contributed by atoms with Crippen LogP contribution in [0.5, 0.6) is 0 Å². The maximum Gasteiger partial charge on any atom is 0.159 e. The highest BCUT2D eigenvalue weighted by Crippen LogP contribution is 2.01. The van der Waals surface area contributed by atoms with Gasteiger partial charge < -0.3 is 14.6 Å². The number of aliphatic hydroxyl groups is 1. The van der Waals surface area contributed by atoms with E-state index in [1.54, 1.807) is 0 Å². The summed E-state index contributed by atoms with van der Waals surface area (Å²) >= 11 is 0. The van der Waals surface area contributed by atoms with Crippen LogP contribution in [0.4, 0.5) is 0 Å². The average Bonchev–Trinajstić information content (AvgIpc) is 1.82. The quantitative estimate of drug-likeness (QED) is 0.572. The molecule has 0 saturated heterocycles. The molecule has 0 saturated carbocycles. The second-order valence-corrected chi connectivity index (χ2v) is 2.21. The van der Waals surface area contributed by atoms with E-state index >= 15 is 0 Å². The van der Waals surface area contributed by atoms with Crippen molar-refractivity contribution in [1.82, 2.24) is 0 Å². The molecule has 0 bridgehead atoms. The first kappa shape index (κ1) is 8.88. The molecule has 3 heteroatoms. The van der Waals surface area contributed by atoms with Crippen molar-refractivity contribution in [3.8, 4) is 0 Å². The molecule has 0 heterocycles. The first-order valence-corrected chi connectivity index (χ1v) is 2.97. The first-order valence-electron chi connectivity index (χ1n) is 2.97. The molecule has 0 fully saturated rings. The van der Waals surface area contributed by atoms with Crippen LogP contribution in [0.2, 0.25) is 0 Å². The normalized spacial score (nSPS) is 14.3. The van der Waals surface area contributed by atoms with Crippen LogP contribution in [0, 0.1) is 5.92 Å². The van der Waals surface area contributed by atoms with Crippen LogP contribution in [-0.4, -0.2) is 25.3 Å². The Hall–Kier alpha value is -0.120. The molecule has 0 aliphatic rings. The van der Waals surface area contributed by atoms with Gasteiger partial charge in [-0.25, -0.2) is 0 Å². The van der Waals surface area contributed by atoms with Gasteiger partial charge in [-0.15, -0.1) is 0 Å². The van der Waals surface area contributed by atoms with Crippen molar-refractivity contribution < 1.29 is 14.6 Å². The van der Waals surface area contributed by atoms with Crippen molar-refractivity contribution in [3.63, 3.8) is 0 Å². The minimum Gasteiger partial charge on any atom is -0.368 e. The summed E-state index contributed by atoms with van der Waals surface area (Å²) in [5, 5.41) is 8.96. The number of aliphatic hydroxyl groups excluding tert-OH is 1. The second-order valence-electron chi connectivity index (χ2n) is 2.21. The van der Waals surface area contributed by atoms with Gasteiger partial charge in [-0.3, -0.25) is 0 Å². The maximum atomic E-state index is 8.96. The van der Waals surface area contributed by atoms with E-state index in [0.717, 1.165) is 0 Å². The molecule has 0 aromatic carbocycles. The predicted octanol–water partition coefficient (Wildman–Crippen LogP) is 0.581. The van der Waals surface area contributed by atoms with Gasteiger partial charge in [0.2, 0.25) is 0 Å². The van der Waals surface area contributed by atoms with Gasteiger partial charge in [-0.05, 0) is 0 Å². The minimum absolute atomic E-state index is 0.125. The van der Waals surface area contributed by atoms with Crippen LogP contribution in [0.3, 0.4) is 0 Å². The molecular weight excluding hydrogens is 120 g/mol. The van der Waals surface area contributed by atoms with Crippen LogP contribution in [-0.2, 0) is 9.47 Å². The lowest BCUT2D eigenvalue weighted by atomic mass is 10.2. The topological polar surface area (TPSA) is 38.7 Å². The molecule has 0 aliphatic carbocycles. The highest BCUT2D eigenvalue weighted by Gasteiger charge is 2.07. The van der Waals surface area contributed by atoms with E-state index in [-0.39, 0.29) is 12.7 Å². The molecule has 0 spiro atoms. The number of hydrogen-bond acceptors (Lipinski definition) is 3. The molecule has 1 unspecified atom stereocenters. The third-order valence-corrected chi connectivity index (χ3v) is 0.927. The molecule has 0 aliphatic heterocycles. The van der Waals surface area contributed by atoms with E-state index in [1.807, 2.05) is 13.8 Å². The monoisotopic (exact) mass is 134 g/mol. The molecule has 56 valence electrons. The van der Waals surface area contributed by atoms with Gasteiger partial charge >= 0.3 is 0 Å². The van der Waals surface area contributed by atoms with Crippen molar-refractivity contribution in [2.45, 2.75) is 20.1 Å². The summed E-state index contributed by atoms with van der Waals surface area (Å²) < 4.78 is 9.37. The molecule has 0 aromatic heterocycles. The van der Waals surface area contributed by atoms with Gasteiger partial charge in [-0.1, -0.05) is 13.8 Å². The van der Waals surface area contributed by atoms with E-state index in [0.29, 0.717) is 0 Å². The van der Waals surface area contributed by atoms with Crippen LogP contribution >= 0.6 is 0 Å². The Morgan fingerprint density at radius 2 is 2.00 bits per heavy atom. The van der Waals surface area contributed by atoms with Gasteiger partial charge in [0.25, 0.3) is 0 Å². The van der Waals surface area contributed by atoms with E-state index in [1.165, 1.54) is 7.11 Å². The fourth-order valence-electron chi connectivity index (χ4n) is 0.330. The van der Waals surface area contributed by atoms with E-state index in [4.69, 9.17) is 9.84 Å². The molecule has 9 heavy (non-hydrogen) atoms. The third kappa shape index (κ3) is 4.39. The Balaban J connectivity index is 3.16. The van der Waals surface area contributed by atoms with Gasteiger partial charge in [0.1, 0.15) is 6.79 Å². The molecule has 1 atom stereocenters. The van der Waals surface area contributed by atoms with Crippen molar-refractivity contribution in [2.75, 3.05) is 13.9 Å². The lowest BCUT2D eigenvalue weighted by molar-refractivity contribution is -0.179. The smallest absolute Gasteiger partial charge is 0.159 e. The van der Waals surface area contributed by atoms with Gasteiger partial charge in [0.15, 0.2) is 6.29 Å². The van der Waals surface area contributed by atoms with Gasteiger partial charge in [-0.2, -0.15) is 0 Å². The zero-order valence-electron chi connectivity index (χ0n) is 6.13. The largest absolute Gasteiger partial charge is 0.368 e. The average molecular weight is 134 g/mol. The molecule has 1 N–H and O–H groups in total. The maximum absolute atomic E-state index is 8.96. The predicted molar refractivity (Wildman–Crippen MR) is 33.8 cm³/mol. The molecule has 0 aromatic rings. The summed E-state index contributed by atoms with van der Waals surface area (Å²) in [7, 11) is 1.52. The summed E-state index contributed by atoms with van der Waals surface area (Å²) in [6, 6.07) is 0. The standard InChI is InChI=1S/C6H14O3/c1-5(2)6(7)9-4-8-3/h5-7H,4H2,1-3H3. The minimum atomic E-state index is -0.704. The molecule has 0 radical (unpaired) electrons. The van der Waals surface area contributed by atoms with E-state index < -0.39 is 6.29 Å². The van der Waals surface area contributed by atoms with Crippen LogP contribution in [0.15, 0.2) is 0 Å². The summed E-state index contributed by atoms with van der Waals surface area (Å²) in [4.78, 5) is 0. The fourth-order valence-corrected chi connectivity index (χ4v) is 0.330. The van der Waals surface area contributed by atoms with E-state index in [9.17, 15) is 0 Å². The first-order chi connectivity index (χ1) is 4.18. The van der Waals surface area contributed by atoms with Crippen molar-refractivity contribution in [1.29, 1.82) is 0 Å². The molecular formula is C6H14O3. The number of hydrogen-bond donors (Lipinski definition) is 1. The van der Waals surface area contributed by atoms with Crippen LogP contribution in [0.1, 0.15) is 13.8 Å². The zero-order valence-corrected chi connectivity index (χ0v) is 6.13.